The van der Waals surface area contributed by atoms with E-state index in [1.165, 1.54) is 4.88 Å². The summed E-state index contributed by atoms with van der Waals surface area (Å²) in [4.78, 5) is 12.2. The molecule has 0 aliphatic carbocycles. The Morgan fingerprint density at radius 2 is 2.22 bits per heavy atom. The first-order chi connectivity index (χ1) is 8.72. The van der Waals surface area contributed by atoms with Gasteiger partial charge in [-0.1, -0.05) is 6.07 Å². The molecule has 2 heterocycles. The Hall–Kier alpha value is -1.46. The molecule has 0 saturated heterocycles. The number of hydrogen-bond acceptors (Lipinski definition) is 5. The lowest BCUT2D eigenvalue weighted by Crippen LogP contribution is -2.24. The zero-order chi connectivity index (χ0) is 13.0. The number of aliphatic hydroxyl groups excluding tert-OH is 1. The van der Waals surface area contributed by atoms with Crippen LogP contribution < -0.4 is 4.90 Å². The molecule has 0 amide bonds. The van der Waals surface area contributed by atoms with Crippen molar-refractivity contribution in [3.05, 3.63) is 39.8 Å². The molecule has 0 radical (unpaired) electrons. The van der Waals surface area contributed by atoms with Crippen LogP contribution in [0.25, 0.3) is 0 Å². The van der Waals surface area contributed by atoms with E-state index >= 15 is 0 Å². The third kappa shape index (κ3) is 3.05. The molecule has 0 atom stereocenters. The minimum Gasteiger partial charge on any atom is -0.390 e. The number of rotatable bonds is 5. The SMILES string of the molecule is CCN(Cc1cccs1)c1nc(C)cc(CO)n1. The van der Waals surface area contributed by atoms with Gasteiger partial charge in [-0.2, -0.15) is 0 Å². The van der Waals surface area contributed by atoms with Gasteiger partial charge in [0.15, 0.2) is 0 Å². The van der Waals surface area contributed by atoms with Gasteiger partial charge in [-0.15, -0.1) is 11.3 Å². The Kier molecular flexibility index (Phi) is 4.28. The Morgan fingerprint density at radius 1 is 1.39 bits per heavy atom. The molecule has 2 rings (SSSR count). The summed E-state index contributed by atoms with van der Waals surface area (Å²) in [6.07, 6.45) is 0. The van der Waals surface area contributed by atoms with Crippen LogP contribution in [0.4, 0.5) is 5.95 Å². The standard InChI is InChI=1S/C13H17N3OS/c1-3-16(8-12-5-4-6-18-12)13-14-10(2)7-11(9-17)15-13/h4-7,17H,3,8-9H2,1-2H3. The topological polar surface area (TPSA) is 49.2 Å². The molecule has 1 N–H and O–H groups in total. The van der Waals surface area contributed by atoms with Crippen molar-refractivity contribution in [1.29, 1.82) is 0 Å². The van der Waals surface area contributed by atoms with E-state index in [0.29, 0.717) is 11.6 Å². The molecule has 0 unspecified atom stereocenters. The first-order valence-corrected chi connectivity index (χ1v) is 6.83. The summed E-state index contributed by atoms with van der Waals surface area (Å²) in [5.41, 5.74) is 1.55. The summed E-state index contributed by atoms with van der Waals surface area (Å²) in [7, 11) is 0. The molecule has 96 valence electrons. The summed E-state index contributed by atoms with van der Waals surface area (Å²) in [5.74, 6) is 0.690. The van der Waals surface area contributed by atoms with Crippen LogP contribution in [-0.4, -0.2) is 21.6 Å². The molecule has 5 heteroatoms. The lowest BCUT2D eigenvalue weighted by molar-refractivity contribution is 0.276. The molecule has 0 saturated carbocycles. The quantitative estimate of drug-likeness (QED) is 0.899. The van der Waals surface area contributed by atoms with Crippen LogP contribution in [0.1, 0.15) is 23.2 Å². The fraction of sp³-hybridized carbons (Fsp3) is 0.385. The van der Waals surface area contributed by atoms with Gasteiger partial charge in [0.2, 0.25) is 5.95 Å². The van der Waals surface area contributed by atoms with Crippen LogP contribution >= 0.6 is 11.3 Å². The van der Waals surface area contributed by atoms with Crippen LogP contribution in [0, 0.1) is 6.92 Å². The summed E-state index contributed by atoms with van der Waals surface area (Å²) in [5, 5.41) is 11.3. The van der Waals surface area contributed by atoms with E-state index in [2.05, 4.69) is 33.2 Å². The Labute approximate surface area is 111 Å². The number of nitrogens with zero attached hydrogens (tertiary/aromatic N) is 3. The molecule has 2 aromatic heterocycles. The van der Waals surface area contributed by atoms with Crippen LogP contribution in [0.15, 0.2) is 23.6 Å². The maximum atomic E-state index is 9.19. The highest BCUT2D eigenvalue weighted by Crippen LogP contribution is 2.17. The molecule has 0 aliphatic heterocycles. The maximum absolute atomic E-state index is 9.19. The van der Waals surface area contributed by atoms with Crippen molar-refractivity contribution in [2.24, 2.45) is 0 Å². The number of aryl methyl sites for hydroxylation is 1. The summed E-state index contributed by atoms with van der Waals surface area (Å²) in [6.45, 7) is 5.60. The fourth-order valence-corrected chi connectivity index (χ4v) is 2.47. The molecule has 2 aromatic rings. The van der Waals surface area contributed by atoms with Gasteiger partial charge >= 0.3 is 0 Å². The molecule has 0 aliphatic rings. The van der Waals surface area contributed by atoms with E-state index in [-0.39, 0.29) is 6.61 Å². The van der Waals surface area contributed by atoms with E-state index in [9.17, 15) is 5.11 Å². The number of aromatic nitrogens is 2. The average Bonchev–Trinajstić information content (AvgIpc) is 2.88. The Morgan fingerprint density at radius 3 is 2.83 bits per heavy atom. The number of aliphatic hydroxyl groups is 1. The maximum Gasteiger partial charge on any atom is 0.226 e. The predicted octanol–water partition coefficient (Wildman–Crippen LogP) is 2.37. The van der Waals surface area contributed by atoms with Crippen LogP contribution in [0.5, 0.6) is 0 Å². The second-order valence-electron chi connectivity index (χ2n) is 4.05. The van der Waals surface area contributed by atoms with Crippen molar-refractivity contribution in [2.75, 3.05) is 11.4 Å². The highest BCUT2D eigenvalue weighted by atomic mass is 32.1. The lowest BCUT2D eigenvalue weighted by atomic mass is 10.3. The highest BCUT2D eigenvalue weighted by molar-refractivity contribution is 7.09. The fourth-order valence-electron chi connectivity index (χ4n) is 1.75. The van der Waals surface area contributed by atoms with E-state index < -0.39 is 0 Å². The van der Waals surface area contributed by atoms with Gasteiger partial charge in [-0.25, -0.2) is 9.97 Å². The van der Waals surface area contributed by atoms with Gasteiger partial charge in [0.1, 0.15) is 0 Å². The van der Waals surface area contributed by atoms with Crippen molar-refractivity contribution >= 4 is 17.3 Å². The smallest absolute Gasteiger partial charge is 0.226 e. The molecule has 0 fully saturated rings. The second-order valence-corrected chi connectivity index (χ2v) is 5.08. The number of thiophene rings is 1. The third-order valence-electron chi connectivity index (χ3n) is 2.65. The zero-order valence-corrected chi connectivity index (χ0v) is 11.4. The molecular weight excluding hydrogens is 246 g/mol. The molecule has 0 aromatic carbocycles. The van der Waals surface area contributed by atoms with Gasteiger partial charge in [0.25, 0.3) is 0 Å². The third-order valence-corrected chi connectivity index (χ3v) is 3.51. The number of hydrogen-bond donors (Lipinski definition) is 1. The van der Waals surface area contributed by atoms with E-state index in [4.69, 9.17) is 0 Å². The number of anilines is 1. The van der Waals surface area contributed by atoms with Crippen LogP contribution in [0.2, 0.25) is 0 Å². The minimum absolute atomic E-state index is 0.0487. The van der Waals surface area contributed by atoms with Crippen LogP contribution in [0.3, 0.4) is 0 Å². The summed E-state index contributed by atoms with van der Waals surface area (Å²) < 4.78 is 0. The lowest BCUT2D eigenvalue weighted by Gasteiger charge is -2.20. The zero-order valence-electron chi connectivity index (χ0n) is 10.6. The first-order valence-electron chi connectivity index (χ1n) is 5.95. The van der Waals surface area contributed by atoms with E-state index in [1.54, 1.807) is 11.3 Å². The van der Waals surface area contributed by atoms with Gasteiger partial charge in [0, 0.05) is 17.1 Å². The largest absolute Gasteiger partial charge is 0.390 e. The second kappa shape index (κ2) is 5.93. The van der Waals surface area contributed by atoms with Crippen molar-refractivity contribution in [3.8, 4) is 0 Å². The van der Waals surface area contributed by atoms with Crippen molar-refractivity contribution in [3.63, 3.8) is 0 Å². The Bertz CT molecular complexity index is 499. The van der Waals surface area contributed by atoms with Crippen molar-refractivity contribution in [1.82, 2.24) is 9.97 Å². The Balaban J connectivity index is 2.24. The highest BCUT2D eigenvalue weighted by Gasteiger charge is 2.10. The van der Waals surface area contributed by atoms with Crippen molar-refractivity contribution < 1.29 is 5.11 Å². The van der Waals surface area contributed by atoms with Gasteiger partial charge in [-0.3, -0.25) is 0 Å². The molecule has 18 heavy (non-hydrogen) atoms. The minimum atomic E-state index is -0.0487. The van der Waals surface area contributed by atoms with E-state index in [0.717, 1.165) is 18.8 Å². The van der Waals surface area contributed by atoms with Gasteiger partial charge in [0.05, 0.1) is 18.8 Å². The first kappa shape index (κ1) is 13.0. The monoisotopic (exact) mass is 263 g/mol. The molecule has 0 spiro atoms. The molecular formula is C13H17N3OS. The average molecular weight is 263 g/mol. The van der Waals surface area contributed by atoms with Gasteiger partial charge in [-0.05, 0) is 31.4 Å². The summed E-state index contributed by atoms with van der Waals surface area (Å²) in [6, 6.07) is 5.96. The van der Waals surface area contributed by atoms with Crippen molar-refractivity contribution in [2.45, 2.75) is 27.0 Å². The molecule has 0 bridgehead atoms. The van der Waals surface area contributed by atoms with Crippen LogP contribution in [-0.2, 0) is 13.2 Å². The normalized spacial score (nSPS) is 10.6. The molecule has 4 nitrogen and oxygen atoms in total. The summed E-state index contributed by atoms with van der Waals surface area (Å²) >= 11 is 1.73. The predicted molar refractivity (Wildman–Crippen MR) is 73.7 cm³/mol. The van der Waals surface area contributed by atoms with Gasteiger partial charge < -0.3 is 10.0 Å². The van der Waals surface area contributed by atoms with E-state index in [1.807, 2.05) is 19.1 Å².